The fourth-order valence-corrected chi connectivity index (χ4v) is 3.69. The minimum atomic E-state index is -0.284. The van der Waals surface area contributed by atoms with Gasteiger partial charge in [-0.2, -0.15) is 5.10 Å². The number of nitrogens with zero attached hydrogens (tertiary/aromatic N) is 4. The number of hydrogen-bond acceptors (Lipinski definition) is 4. The van der Waals surface area contributed by atoms with Gasteiger partial charge in [0.05, 0.1) is 24.0 Å². The van der Waals surface area contributed by atoms with Gasteiger partial charge >= 0.3 is 0 Å². The van der Waals surface area contributed by atoms with Gasteiger partial charge in [-0.25, -0.2) is 5.01 Å². The van der Waals surface area contributed by atoms with Gasteiger partial charge in [0, 0.05) is 22.5 Å². The minimum Gasteiger partial charge on any atom is -0.346 e. The van der Waals surface area contributed by atoms with E-state index < -0.39 is 0 Å². The highest BCUT2D eigenvalue weighted by molar-refractivity contribution is 6.03. The number of hydrogen-bond donors (Lipinski definition) is 1. The molecule has 2 aromatic heterocycles. The van der Waals surface area contributed by atoms with Crippen LogP contribution >= 0.6 is 0 Å². The van der Waals surface area contributed by atoms with Crippen molar-refractivity contribution in [2.45, 2.75) is 40.3 Å². The van der Waals surface area contributed by atoms with E-state index in [1.54, 1.807) is 6.20 Å². The molecule has 3 heterocycles. The number of carbonyl (C=O) groups excluding carboxylic acids is 2. The second-order valence-corrected chi connectivity index (χ2v) is 8.88. The number of carbonyl (C=O) groups is 2. The monoisotopic (exact) mass is 417 g/mol. The summed E-state index contributed by atoms with van der Waals surface area (Å²) in [7, 11) is 0. The van der Waals surface area contributed by atoms with E-state index >= 15 is 0 Å². The maximum absolute atomic E-state index is 13.4. The molecule has 7 heteroatoms. The molecule has 1 aliphatic heterocycles. The van der Waals surface area contributed by atoms with Gasteiger partial charge in [-0.3, -0.25) is 14.6 Å². The van der Waals surface area contributed by atoms with Crippen LogP contribution in [-0.4, -0.2) is 38.6 Å². The average molecular weight is 418 g/mol. The van der Waals surface area contributed by atoms with Gasteiger partial charge in [-0.15, -0.1) is 0 Å². The lowest BCUT2D eigenvalue weighted by molar-refractivity contribution is -0.122. The van der Waals surface area contributed by atoms with Crippen LogP contribution < -0.4 is 5.32 Å². The molecule has 7 nitrogen and oxygen atoms in total. The van der Waals surface area contributed by atoms with Crippen molar-refractivity contribution in [3.8, 4) is 0 Å². The fourth-order valence-electron chi connectivity index (χ4n) is 3.69. The number of amides is 2. The Balaban J connectivity index is 1.64. The Morgan fingerprint density at radius 3 is 2.61 bits per heavy atom. The van der Waals surface area contributed by atoms with Crippen LogP contribution in [0.2, 0.25) is 0 Å². The number of aromatic nitrogens is 2. The Hall–Kier alpha value is -3.48. The lowest BCUT2D eigenvalue weighted by Gasteiger charge is -2.23. The zero-order valence-corrected chi connectivity index (χ0v) is 18.3. The molecule has 1 unspecified atom stereocenters. The molecule has 0 fully saturated rings. The molecule has 1 N–H and O–H groups in total. The molecule has 31 heavy (non-hydrogen) atoms. The first-order chi connectivity index (χ1) is 14.7. The summed E-state index contributed by atoms with van der Waals surface area (Å²) in [5, 5.41) is 9.85. The van der Waals surface area contributed by atoms with E-state index in [1.807, 2.05) is 60.0 Å². The Kier molecular flexibility index (Phi) is 5.35. The van der Waals surface area contributed by atoms with Crippen molar-refractivity contribution in [2.75, 3.05) is 6.54 Å². The lowest BCUT2D eigenvalue weighted by atomic mass is 9.90. The molecule has 1 aliphatic rings. The Morgan fingerprint density at radius 2 is 1.90 bits per heavy atom. The maximum Gasteiger partial charge on any atom is 0.291 e. The van der Waals surface area contributed by atoms with Crippen LogP contribution in [0.5, 0.6) is 0 Å². The number of nitrogens with one attached hydrogen (secondary N) is 1. The van der Waals surface area contributed by atoms with Crippen molar-refractivity contribution in [1.29, 1.82) is 0 Å². The first-order valence-electron chi connectivity index (χ1n) is 10.4. The molecule has 3 aromatic rings. The summed E-state index contributed by atoms with van der Waals surface area (Å²) in [6.45, 7) is 8.40. The fraction of sp³-hybridized carbons (Fsp3) is 0.333. The molecular formula is C24H27N5O2. The standard InChI is InChI=1S/C24H27N5O2/c1-16(18-10-7-8-12-25-18)26-22(30)15-29-23(31)20-13-17-9-5-6-11-19(17)28(20)14-21(27-29)24(2,3)4/h5-13,16H,14-15H2,1-4H3,(H,26,30). The third kappa shape index (κ3) is 4.21. The summed E-state index contributed by atoms with van der Waals surface area (Å²) < 4.78 is 2.00. The molecule has 4 rings (SSSR count). The average Bonchev–Trinajstić information content (AvgIpc) is 3.04. The number of rotatable bonds is 4. The Morgan fingerprint density at radius 1 is 1.16 bits per heavy atom. The largest absolute Gasteiger partial charge is 0.346 e. The maximum atomic E-state index is 13.4. The van der Waals surface area contributed by atoms with Gasteiger partial charge in [-0.05, 0) is 31.2 Å². The van der Waals surface area contributed by atoms with Crippen molar-refractivity contribution >= 4 is 28.4 Å². The molecule has 0 bridgehead atoms. The summed E-state index contributed by atoms with van der Waals surface area (Å²) in [6.07, 6.45) is 1.69. The summed E-state index contributed by atoms with van der Waals surface area (Å²) in [4.78, 5) is 30.4. The number of pyridine rings is 1. The van der Waals surface area contributed by atoms with Gasteiger partial charge in [0.1, 0.15) is 12.2 Å². The summed E-state index contributed by atoms with van der Waals surface area (Å²) in [5.41, 5.74) is 2.86. The molecule has 0 radical (unpaired) electrons. The second-order valence-electron chi connectivity index (χ2n) is 8.88. The second kappa shape index (κ2) is 7.98. The quantitative estimate of drug-likeness (QED) is 0.702. The molecule has 1 aromatic carbocycles. The van der Waals surface area contributed by atoms with Crippen molar-refractivity contribution in [2.24, 2.45) is 10.5 Å². The van der Waals surface area contributed by atoms with Crippen LogP contribution in [0.25, 0.3) is 10.9 Å². The highest BCUT2D eigenvalue weighted by atomic mass is 16.2. The van der Waals surface area contributed by atoms with E-state index in [4.69, 9.17) is 0 Å². The van der Waals surface area contributed by atoms with Crippen LogP contribution in [-0.2, 0) is 11.3 Å². The van der Waals surface area contributed by atoms with Crippen molar-refractivity contribution in [1.82, 2.24) is 19.9 Å². The van der Waals surface area contributed by atoms with Gasteiger partial charge in [-0.1, -0.05) is 45.0 Å². The van der Waals surface area contributed by atoms with Crippen LogP contribution in [0.4, 0.5) is 0 Å². The topological polar surface area (TPSA) is 79.6 Å². The minimum absolute atomic E-state index is 0.156. The summed E-state index contributed by atoms with van der Waals surface area (Å²) in [5.74, 6) is -0.566. The molecule has 0 saturated carbocycles. The van der Waals surface area contributed by atoms with Crippen molar-refractivity contribution in [3.63, 3.8) is 0 Å². The Labute approximate surface area is 181 Å². The zero-order valence-electron chi connectivity index (χ0n) is 18.3. The van der Waals surface area contributed by atoms with Gasteiger partial charge < -0.3 is 9.88 Å². The van der Waals surface area contributed by atoms with Crippen molar-refractivity contribution < 1.29 is 9.59 Å². The van der Waals surface area contributed by atoms with E-state index in [0.29, 0.717) is 12.2 Å². The zero-order chi connectivity index (χ0) is 22.2. The lowest BCUT2D eigenvalue weighted by Crippen LogP contribution is -2.39. The molecule has 0 aliphatic carbocycles. The summed E-state index contributed by atoms with van der Waals surface area (Å²) >= 11 is 0. The van der Waals surface area contributed by atoms with E-state index in [-0.39, 0.29) is 29.8 Å². The number of hydrazone groups is 1. The predicted molar refractivity (Wildman–Crippen MR) is 121 cm³/mol. The molecule has 160 valence electrons. The van der Waals surface area contributed by atoms with Crippen LogP contribution in [0, 0.1) is 5.41 Å². The van der Waals surface area contributed by atoms with Crippen molar-refractivity contribution in [3.05, 3.63) is 66.1 Å². The van der Waals surface area contributed by atoms with E-state index in [2.05, 4.69) is 36.2 Å². The highest BCUT2D eigenvalue weighted by Gasteiger charge is 2.31. The van der Waals surface area contributed by atoms with E-state index in [1.165, 1.54) is 5.01 Å². The smallest absolute Gasteiger partial charge is 0.291 e. The molecule has 1 atom stereocenters. The van der Waals surface area contributed by atoms with Gasteiger partial charge in [0.15, 0.2) is 0 Å². The van der Waals surface area contributed by atoms with E-state index in [9.17, 15) is 9.59 Å². The first kappa shape index (κ1) is 20.8. The molecule has 0 saturated heterocycles. The van der Waals surface area contributed by atoms with Gasteiger partial charge in [0.2, 0.25) is 5.91 Å². The third-order valence-corrected chi connectivity index (χ3v) is 5.48. The SMILES string of the molecule is CC(NC(=O)CN1N=C(C(C)(C)C)Cn2c(cc3ccccc32)C1=O)c1ccccn1. The normalized spacial score (nSPS) is 15.3. The molecule has 2 amide bonds. The number of benzene rings is 1. The van der Waals surface area contributed by atoms with Crippen LogP contribution in [0.3, 0.4) is 0 Å². The highest BCUT2D eigenvalue weighted by Crippen LogP contribution is 2.27. The first-order valence-corrected chi connectivity index (χ1v) is 10.4. The van der Waals surface area contributed by atoms with Gasteiger partial charge in [0.25, 0.3) is 5.91 Å². The predicted octanol–water partition coefficient (Wildman–Crippen LogP) is 3.77. The third-order valence-electron chi connectivity index (χ3n) is 5.48. The van der Waals surface area contributed by atoms with Crippen LogP contribution in [0.1, 0.15) is 49.9 Å². The number of fused-ring (bicyclic) bond motifs is 3. The Bertz CT molecular complexity index is 1160. The van der Waals surface area contributed by atoms with Crippen LogP contribution in [0.15, 0.2) is 59.8 Å². The number of para-hydroxylation sites is 1. The molecular weight excluding hydrogens is 390 g/mol. The summed E-state index contributed by atoms with van der Waals surface area (Å²) in [6, 6.07) is 15.1. The molecule has 0 spiro atoms. The van der Waals surface area contributed by atoms with E-state index in [0.717, 1.165) is 22.3 Å².